The summed E-state index contributed by atoms with van der Waals surface area (Å²) in [5.41, 5.74) is 0.283. The molecule has 1 saturated heterocycles. The van der Waals surface area contributed by atoms with Crippen LogP contribution in [0.1, 0.15) is 56.6 Å². The van der Waals surface area contributed by atoms with Gasteiger partial charge < -0.3 is 9.47 Å². The first-order valence-electron chi connectivity index (χ1n) is 11.8. The van der Waals surface area contributed by atoms with Crippen molar-refractivity contribution in [2.45, 2.75) is 64.3 Å². The highest BCUT2D eigenvalue weighted by atomic mass is 19.4. The maximum Gasteiger partial charge on any atom is 0.420 e. The van der Waals surface area contributed by atoms with Gasteiger partial charge in [-0.25, -0.2) is 0 Å². The molecule has 180 valence electrons. The molecule has 2 aromatic rings. The van der Waals surface area contributed by atoms with Gasteiger partial charge in [0.05, 0.1) is 19.1 Å². The zero-order valence-corrected chi connectivity index (χ0v) is 19.3. The molecule has 7 heteroatoms. The summed E-state index contributed by atoms with van der Waals surface area (Å²) in [5, 5.41) is 0.742. The van der Waals surface area contributed by atoms with Gasteiger partial charge in [-0.1, -0.05) is 25.1 Å². The summed E-state index contributed by atoms with van der Waals surface area (Å²) in [6.07, 6.45) is 0.378. The predicted molar refractivity (Wildman–Crippen MR) is 121 cm³/mol. The van der Waals surface area contributed by atoms with Gasteiger partial charge in [-0.2, -0.15) is 13.2 Å². The summed E-state index contributed by atoms with van der Waals surface area (Å²) >= 11 is 0. The molecule has 2 fully saturated rings. The standard InChI is InChI=1S/C26H32F3NO3/c1-17-3-7-21(8-4-17)33-23-10-6-20-15-18(5-9-22(20)24(23)26(27,28)29)16-30-13-11-19(12-14-30)25(31)32-2/h5-6,9-10,15,17,19,21H,3-4,7-8,11-14,16H2,1-2H3. The van der Waals surface area contributed by atoms with E-state index in [-0.39, 0.29) is 29.1 Å². The second-order valence-electron chi connectivity index (χ2n) is 9.57. The van der Waals surface area contributed by atoms with Gasteiger partial charge >= 0.3 is 12.1 Å². The minimum absolute atomic E-state index is 0.0628. The summed E-state index contributed by atoms with van der Waals surface area (Å²) in [6, 6.07) is 8.40. The number of likely N-dealkylation sites (tertiary alicyclic amines) is 1. The Hall–Kier alpha value is -2.28. The van der Waals surface area contributed by atoms with E-state index in [0.29, 0.717) is 17.8 Å². The quantitative estimate of drug-likeness (QED) is 0.495. The van der Waals surface area contributed by atoms with E-state index < -0.39 is 11.7 Å². The van der Waals surface area contributed by atoms with Crippen LogP contribution in [0.5, 0.6) is 5.75 Å². The maximum atomic E-state index is 14.1. The van der Waals surface area contributed by atoms with Crippen molar-refractivity contribution in [3.8, 4) is 5.75 Å². The SMILES string of the molecule is COC(=O)C1CCN(Cc2ccc3c(C(F)(F)F)c(OC4CCC(C)CC4)ccc3c2)CC1. The minimum atomic E-state index is -4.49. The Morgan fingerprint density at radius 1 is 1.03 bits per heavy atom. The maximum absolute atomic E-state index is 14.1. The van der Waals surface area contributed by atoms with E-state index in [9.17, 15) is 18.0 Å². The van der Waals surface area contributed by atoms with Crippen LogP contribution in [0.25, 0.3) is 10.8 Å². The number of nitrogens with zero attached hydrogens (tertiary/aromatic N) is 1. The van der Waals surface area contributed by atoms with Crippen molar-refractivity contribution >= 4 is 16.7 Å². The molecule has 0 bridgehead atoms. The van der Waals surface area contributed by atoms with Gasteiger partial charge in [0.1, 0.15) is 11.3 Å². The third kappa shape index (κ3) is 5.62. The number of carbonyl (C=O) groups is 1. The van der Waals surface area contributed by atoms with Gasteiger partial charge in [0.15, 0.2) is 0 Å². The summed E-state index contributed by atoms with van der Waals surface area (Å²) in [6.45, 7) is 4.34. The molecule has 0 atom stereocenters. The number of piperidine rings is 1. The third-order valence-electron chi connectivity index (χ3n) is 7.11. The fourth-order valence-electron chi connectivity index (χ4n) is 5.13. The number of fused-ring (bicyclic) bond motifs is 1. The molecule has 0 spiro atoms. The highest BCUT2D eigenvalue weighted by Crippen LogP contribution is 2.42. The van der Waals surface area contributed by atoms with Crippen molar-refractivity contribution in [2.24, 2.45) is 11.8 Å². The molecule has 0 amide bonds. The highest BCUT2D eigenvalue weighted by molar-refractivity contribution is 5.89. The van der Waals surface area contributed by atoms with Crippen molar-refractivity contribution < 1.29 is 27.4 Å². The van der Waals surface area contributed by atoms with Crippen molar-refractivity contribution in [3.05, 3.63) is 41.5 Å². The van der Waals surface area contributed by atoms with Crippen LogP contribution in [0.3, 0.4) is 0 Å². The number of carbonyl (C=O) groups excluding carboxylic acids is 1. The molecular formula is C26H32F3NO3. The molecule has 0 radical (unpaired) electrons. The number of methoxy groups -OCH3 is 1. The normalized spacial score (nSPS) is 22.9. The third-order valence-corrected chi connectivity index (χ3v) is 7.11. The van der Waals surface area contributed by atoms with E-state index in [0.717, 1.165) is 57.2 Å². The number of hydrogen-bond donors (Lipinski definition) is 0. The van der Waals surface area contributed by atoms with Crippen LogP contribution >= 0.6 is 0 Å². The number of halogens is 3. The van der Waals surface area contributed by atoms with Crippen molar-refractivity contribution in [1.29, 1.82) is 0 Å². The average Bonchev–Trinajstić information content (AvgIpc) is 2.79. The first-order valence-corrected chi connectivity index (χ1v) is 11.8. The Balaban J connectivity index is 1.52. The Kier molecular flexibility index (Phi) is 7.17. The Morgan fingerprint density at radius 3 is 2.36 bits per heavy atom. The highest BCUT2D eigenvalue weighted by Gasteiger charge is 2.37. The van der Waals surface area contributed by atoms with Crippen molar-refractivity contribution in [1.82, 2.24) is 4.90 Å². The summed E-state index contributed by atoms with van der Waals surface area (Å²) in [7, 11) is 1.41. The molecule has 1 heterocycles. The topological polar surface area (TPSA) is 38.8 Å². The van der Waals surface area contributed by atoms with E-state index in [2.05, 4.69) is 11.8 Å². The number of ether oxygens (including phenoxy) is 2. The molecule has 4 nitrogen and oxygen atoms in total. The molecule has 0 aromatic heterocycles. The molecule has 33 heavy (non-hydrogen) atoms. The van der Waals surface area contributed by atoms with E-state index in [1.165, 1.54) is 13.2 Å². The van der Waals surface area contributed by atoms with Gasteiger partial charge in [-0.3, -0.25) is 9.69 Å². The molecule has 1 aliphatic carbocycles. The fraction of sp³-hybridized carbons (Fsp3) is 0.577. The lowest BCUT2D eigenvalue weighted by atomic mass is 9.89. The lowest BCUT2D eigenvalue weighted by Gasteiger charge is -2.30. The van der Waals surface area contributed by atoms with Crippen molar-refractivity contribution in [2.75, 3.05) is 20.2 Å². The summed E-state index contributed by atoms with van der Waals surface area (Å²) < 4.78 is 52.9. The Morgan fingerprint density at radius 2 is 1.73 bits per heavy atom. The smallest absolute Gasteiger partial charge is 0.420 e. The number of hydrogen-bond acceptors (Lipinski definition) is 4. The Labute approximate surface area is 193 Å². The van der Waals surface area contributed by atoms with E-state index in [1.807, 2.05) is 6.07 Å². The molecule has 2 aromatic carbocycles. The molecule has 4 rings (SSSR count). The lowest BCUT2D eigenvalue weighted by molar-refractivity contribution is -0.147. The molecule has 1 aliphatic heterocycles. The minimum Gasteiger partial charge on any atom is -0.490 e. The second-order valence-corrected chi connectivity index (χ2v) is 9.57. The summed E-state index contributed by atoms with van der Waals surface area (Å²) in [5.74, 6) is 0.309. The number of rotatable bonds is 5. The van der Waals surface area contributed by atoms with Crippen LogP contribution in [-0.2, 0) is 22.3 Å². The first-order chi connectivity index (χ1) is 15.7. The van der Waals surface area contributed by atoms with Crippen LogP contribution in [0, 0.1) is 11.8 Å². The van der Waals surface area contributed by atoms with Gasteiger partial charge in [0.2, 0.25) is 0 Å². The fourth-order valence-corrected chi connectivity index (χ4v) is 5.13. The monoisotopic (exact) mass is 463 g/mol. The van der Waals surface area contributed by atoms with Gasteiger partial charge in [0, 0.05) is 6.54 Å². The molecule has 1 saturated carbocycles. The van der Waals surface area contributed by atoms with Gasteiger partial charge in [0.25, 0.3) is 0 Å². The van der Waals surface area contributed by atoms with E-state index in [1.54, 1.807) is 18.2 Å². The number of benzene rings is 2. The zero-order valence-electron chi connectivity index (χ0n) is 19.3. The van der Waals surface area contributed by atoms with Crippen LogP contribution < -0.4 is 4.74 Å². The zero-order chi connectivity index (χ0) is 23.6. The molecule has 0 N–H and O–H groups in total. The second kappa shape index (κ2) is 9.92. The lowest BCUT2D eigenvalue weighted by Crippen LogP contribution is -2.36. The van der Waals surface area contributed by atoms with Crippen LogP contribution in [0.4, 0.5) is 13.2 Å². The van der Waals surface area contributed by atoms with Crippen LogP contribution in [0.15, 0.2) is 30.3 Å². The molecule has 0 unspecified atom stereocenters. The Bertz CT molecular complexity index is 975. The average molecular weight is 464 g/mol. The molecular weight excluding hydrogens is 431 g/mol. The first kappa shape index (κ1) is 23.9. The van der Waals surface area contributed by atoms with Gasteiger partial charge in [-0.05, 0) is 86.0 Å². The number of alkyl halides is 3. The van der Waals surface area contributed by atoms with Crippen molar-refractivity contribution in [3.63, 3.8) is 0 Å². The predicted octanol–water partition coefficient (Wildman–Crippen LogP) is 6.20. The van der Waals surface area contributed by atoms with Crippen LogP contribution in [-0.4, -0.2) is 37.2 Å². The van der Waals surface area contributed by atoms with Crippen LogP contribution in [0.2, 0.25) is 0 Å². The largest absolute Gasteiger partial charge is 0.490 e. The van der Waals surface area contributed by atoms with E-state index in [4.69, 9.17) is 9.47 Å². The summed E-state index contributed by atoms with van der Waals surface area (Å²) in [4.78, 5) is 13.9. The van der Waals surface area contributed by atoms with E-state index >= 15 is 0 Å². The van der Waals surface area contributed by atoms with Gasteiger partial charge in [-0.15, -0.1) is 0 Å². The number of esters is 1. The molecule has 2 aliphatic rings.